The molecule has 0 radical (unpaired) electrons. The third-order valence-electron chi connectivity index (χ3n) is 5.69. The van der Waals surface area contributed by atoms with Gasteiger partial charge in [-0.3, -0.25) is 0 Å². The number of amides is 1. The van der Waals surface area contributed by atoms with Crippen LogP contribution in [-0.2, 0) is 4.74 Å². The first kappa shape index (κ1) is 19.6. The third kappa shape index (κ3) is 5.94. The van der Waals surface area contributed by atoms with Crippen LogP contribution < -0.4 is 10.6 Å². The summed E-state index contributed by atoms with van der Waals surface area (Å²) in [7, 11) is 0. The van der Waals surface area contributed by atoms with Gasteiger partial charge in [0.1, 0.15) is 5.60 Å². The fraction of sp³-hybridized carbons (Fsp3) is 0.950. The highest BCUT2D eigenvalue weighted by Gasteiger charge is 2.36. The zero-order valence-electron chi connectivity index (χ0n) is 16.6. The van der Waals surface area contributed by atoms with E-state index in [1.165, 1.54) is 38.5 Å². The van der Waals surface area contributed by atoms with Crippen molar-refractivity contribution in [3.8, 4) is 0 Å². The second-order valence-electron chi connectivity index (χ2n) is 9.84. The van der Waals surface area contributed by atoms with Gasteiger partial charge in [0.05, 0.1) is 0 Å². The molecule has 140 valence electrons. The van der Waals surface area contributed by atoms with Crippen molar-refractivity contribution in [2.45, 2.75) is 97.8 Å². The quantitative estimate of drug-likeness (QED) is 0.794. The van der Waals surface area contributed by atoms with Gasteiger partial charge < -0.3 is 15.4 Å². The average molecular weight is 339 g/mol. The van der Waals surface area contributed by atoms with E-state index in [2.05, 4.69) is 31.4 Å². The van der Waals surface area contributed by atoms with Gasteiger partial charge in [0.15, 0.2) is 0 Å². The van der Waals surface area contributed by atoms with E-state index >= 15 is 0 Å². The smallest absolute Gasteiger partial charge is 0.407 e. The van der Waals surface area contributed by atoms with Crippen LogP contribution in [0.25, 0.3) is 0 Å². The minimum Gasteiger partial charge on any atom is -0.444 e. The molecule has 4 unspecified atom stereocenters. The maximum atomic E-state index is 11.9. The Labute approximate surface area is 148 Å². The molecule has 0 saturated heterocycles. The fourth-order valence-electron chi connectivity index (χ4n) is 4.50. The van der Waals surface area contributed by atoms with Gasteiger partial charge in [0.25, 0.3) is 0 Å². The van der Waals surface area contributed by atoms with Gasteiger partial charge in [0, 0.05) is 18.6 Å². The Kier molecular flexibility index (Phi) is 6.22. The van der Waals surface area contributed by atoms with E-state index in [-0.39, 0.29) is 6.09 Å². The number of hydrogen-bond donors (Lipinski definition) is 2. The molecule has 4 heteroatoms. The van der Waals surface area contributed by atoms with Crippen molar-refractivity contribution < 1.29 is 9.53 Å². The maximum Gasteiger partial charge on any atom is 0.407 e. The molecule has 0 aromatic heterocycles. The topological polar surface area (TPSA) is 50.4 Å². The zero-order chi connectivity index (χ0) is 18.0. The summed E-state index contributed by atoms with van der Waals surface area (Å²) in [6.45, 7) is 13.6. The number of carbonyl (C=O) groups is 1. The van der Waals surface area contributed by atoms with Gasteiger partial charge in [-0.2, -0.15) is 0 Å². The van der Waals surface area contributed by atoms with E-state index in [0.717, 1.165) is 12.5 Å². The Morgan fingerprint density at radius 2 is 1.88 bits per heavy atom. The highest BCUT2D eigenvalue weighted by atomic mass is 16.6. The summed E-state index contributed by atoms with van der Waals surface area (Å²) in [5.74, 6) is 1.26. The van der Waals surface area contributed by atoms with Crippen LogP contribution in [-0.4, -0.2) is 30.3 Å². The minimum atomic E-state index is -0.429. The number of hydrogen-bond acceptors (Lipinski definition) is 3. The number of nitrogens with one attached hydrogen (secondary N) is 2. The molecule has 4 nitrogen and oxygen atoms in total. The summed E-state index contributed by atoms with van der Waals surface area (Å²) in [6, 6.07) is 1.17. The summed E-state index contributed by atoms with van der Waals surface area (Å²) in [6.07, 6.45) is 7.27. The minimum absolute atomic E-state index is 0.291. The molecule has 0 aliphatic heterocycles. The van der Waals surface area contributed by atoms with E-state index in [1.54, 1.807) is 0 Å². The predicted molar refractivity (Wildman–Crippen MR) is 99.1 cm³/mol. The third-order valence-corrected chi connectivity index (χ3v) is 5.69. The van der Waals surface area contributed by atoms with Gasteiger partial charge >= 0.3 is 6.09 Å². The molecular formula is C20H38N2O2. The summed E-state index contributed by atoms with van der Waals surface area (Å²) in [5, 5.41) is 6.91. The van der Waals surface area contributed by atoms with E-state index in [9.17, 15) is 4.79 Å². The normalized spacial score (nSPS) is 33.2. The molecular weight excluding hydrogens is 300 g/mol. The highest BCUT2D eigenvalue weighted by molar-refractivity contribution is 5.67. The van der Waals surface area contributed by atoms with Gasteiger partial charge in [-0.25, -0.2) is 4.79 Å². The largest absolute Gasteiger partial charge is 0.444 e. The van der Waals surface area contributed by atoms with Crippen molar-refractivity contribution in [1.29, 1.82) is 0 Å². The van der Waals surface area contributed by atoms with Crippen molar-refractivity contribution in [3.63, 3.8) is 0 Å². The van der Waals surface area contributed by atoms with Crippen LogP contribution in [0.2, 0.25) is 0 Å². The molecule has 2 saturated carbocycles. The van der Waals surface area contributed by atoms with Crippen LogP contribution in [0.1, 0.15) is 80.1 Å². The SMILES string of the molecule is CC1CC(C)(C)CCC1NC1CCCC1CNC(=O)OC(C)(C)C. The van der Waals surface area contributed by atoms with Crippen molar-refractivity contribution in [2.24, 2.45) is 17.3 Å². The lowest BCUT2D eigenvalue weighted by molar-refractivity contribution is 0.0515. The monoisotopic (exact) mass is 338 g/mol. The van der Waals surface area contributed by atoms with Crippen molar-refractivity contribution in [3.05, 3.63) is 0 Å². The second kappa shape index (κ2) is 7.63. The number of ether oxygens (including phenoxy) is 1. The lowest BCUT2D eigenvalue weighted by Gasteiger charge is -2.41. The molecule has 0 spiro atoms. The van der Waals surface area contributed by atoms with Crippen LogP contribution in [0.3, 0.4) is 0 Å². The first-order chi connectivity index (χ1) is 11.1. The molecule has 24 heavy (non-hydrogen) atoms. The molecule has 0 aromatic carbocycles. The Hall–Kier alpha value is -0.770. The van der Waals surface area contributed by atoms with E-state index in [4.69, 9.17) is 4.74 Å². The van der Waals surface area contributed by atoms with E-state index < -0.39 is 5.60 Å². The number of rotatable bonds is 4. The lowest BCUT2D eigenvalue weighted by atomic mass is 9.70. The molecule has 0 aromatic rings. The molecule has 2 aliphatic carbocycles. The van der Waals surface area contributed by atoms with Gasteiger partial charge in [0.2, 0.25) is 0 Å². The van der Waals surface area contributed by atoms with Crippen LogP contribution in [0, 0.1) is 17.3 Å². The predicted octanol–water partition coefficient (Wildman–Crippen LogP) is 4.48. The van der Waals surface area contributed by atoms with Crippen molar-refractivity contribution in [2.75, 3.05) is 6.54 Å². The van der Waals surface area contributed by atoms with Gasteiger partial charge in [-0.15, -0.1) is 0 Å². The number of carbonyl (C=O) groups excluding carboxylic acids is 1. The average Bonchev–Trinajstić information content (AvgIpc) is 2.84. The van der Waals surface area contributed by atoms with Crippen LogP contribution in [0.15, 0.2) is 0 Å². The summed E-state index contributed by atoms with van der Waals surface area (Å²) >= 11 is 0. The summed E-state index contributed by atoms with van der Waals surface area (Å²) in [5.41, 5.74) is 0.0622. The maximum absolute atomic E-state index is 11.9. The second-order valence-corrected chi connectivity index (χ2v) is 9.84. The van der Waals surface area contributed by atoms with Crippen molar-refractivity contribution >= 4 is 6.09 Å². The molecule has 4 atom stereocenters. The molecule has 0 heterocycles. The standard InChI is InChI=1S/C20H38N2O2/c1-14-12-20(5,6)11-10-16(14)22-17-9-7-8-15(17)13-21-18(23)24-19(2,3)4/h14-17,22H,7-13H2,1-6H3,(H,21,23). The van der Waals surface area contributed by atoms with Gasteiger partial charge in [-0.05, 0) is 70.1 Å². The lowest BCUT2D eigenvalue weighted by Crippen LogP contribution is -2.49. The molecule has 2 aliphatic rings. The van der Waals surface area contributed by atoms with Crippen molar-refractivity contribution in [1.82, 2.24) is 10.6 Å². The zero-order valence-corrected chi connectivity index (χ0v) is 16.6. The first-order valence-electron chi connectivity index (χ1n) is 9.79. The van der Waals surface area contributed by atoms with E-state index in [0.29, 0.717) is 23.4 Å². The molecule has 0 bridgehead atoms. The Morgan fingerprint density at radius 1 is 1.17 bits per heavy atom. The van der Waals surface area contributed by atoms with E-state index in [1.807, 2.05) is 20.8 Å². The molecule has 1 amide bonds. The fourth-order valence-corrected chi connectivity index (χ4v) is 4.50. The Bertz CT molecular complexity index is 428. The molecule has 2 N–H and O–H groups in total. The van der Waals surface area contributed by atoms with Crippen LogP contribution in [0.5, 0.6) is 0 Å². The first-order valence-corrected chi connectivity index (χ1v) is 9.79. The highest BCUT2D eigenvalue weighted by Crippen LogP contribution is 2.39. The molecule has 2 fully saturated rings. The van der Waals surface area contributed by atoms with Crippen LogP contribution >= 0.6 is 0 Å². The molecule has 2 rings (SSSR count). The Morgan fingerprint density at radius 3 is 2.50 bits per heavy atom. The van der Waals surface area contributed by atoms with Gasteiger partial charge in [-0.1, -0.05) is 27.2 Å². The Balaban J connectivity index is 1.80. The number of alkyl carbamates (subject to hydrolysis) is 1. The summed E-state index contributed by atoms with van der Waals surface area (Å²) in [4.78, 5) is 11.9. The van der Waals surface area contributed by atoms with Crippen LogP contribution in [0.4, 0.5) is 4.79 Å². The summed E-state index contributed by atoms with van der Waals surface area (Å²) < 4.78 is 5.35.